The number of aldehydes is 1. The molecule has 4 heteroatoms. The first-order valence-electron chi connectivity index (χ1n) is 15.7. The first kappa shape index (κ1) is 25.6. The van der Waals surface area contributed by atoms with E-state index in [1.807, 2.05) is 0 Å². The highest BCUT2D eigenvalue weighted by molar-refractivity contribution is 5.61. The van der Waals surface area contributed by atoms with Crippen molar-refractivity contribution in [1.82, 2.24) is 0 Å². The van der Waals surface area contributed by atoms with Crippen LogP contribution in [-0.2, 0) is 4.79 Å². The van der Waals surface area contributed by atoms with Gasteiger partial charge in [0.1, 0.15) is 6.29 Å². The van der Waals surface area contributed by atoms with Crippen LogP contribution in [0.4, 0.5) is 0 Å². The third-order valence-electron chi connectivity index (χ3n) is 13.1. The third kappa shape index (κ3) is 3.82. The predicted molar refractivity (Wildman–Crippen MR) is 143 cm³/mol. The zero-order valence-electron chi connectivity index (χ0n) is 22.5. The lowest BCUT2D eigenvalue weighted by molar-refractivity contribution is -0.111. The van der Waals surface area contributed by atoms with Crippen LogP contribution in [0.5, 0.6) is 0 Å². The number of fused-ring (bicyclic) bond motifs is 3. The molecule has 6 aliphatic rings. The Morgan fingerprint density at radius 2 is 1.75 bits per heavy atom. The topological polar surface area (TPSA) is 83.6 Å². The van der Waals surface area contributed by atoms with Crippen molar-refractivity contribution in [3.8, 4) is 0 Å². The summed E-state index contributed by atoms with van der Waals surface area (Å²) in [5, 5.41) is 20.3. The number of carbonyl (C=O) groups is 1. The van der Waals surface area contributed by atoms with Crippen molar-refractivity contribution in [3.05, 3.63) is 12.2 Å². The molecule has 0 aliphatic heterocycles. The summed E-state index contributed by atoms with van der Waals surface area (Å²) in [7, 11) is 0. The van der Waals surface area contributed by atoms with Gasteiger partial charge in [0, 0.05) is 12.0 Å². The Hall–Kier alpha value is -0.710. The van der Waals surface area contributed by atoms with Gasteiger partial charge in [0.05, 0.1) is 12.1 Å². The molecule has 202 valence electrons. The molecule has 10 unspecified atom stereocenters. The fraction of sp³-hybridized carbons (Fsp3) is 0.906. The molecule has 6 aliphatic carbocycles. The van der Waals surface area contributed by atoms with E-state index in [1.54, 1.807) is 5.57 Å². The number of aliphatic hydroxyl groups is 2. The van der Waals surface area contributed by atoms with Crippen molar-refractivity contribution in [2.24, 2.45) is 63.9 Å². The summed E-state index contributed by atoms with van der Waals surface area (Å²) in [5.74, 6) is 4.79. The second-order valence-corrected chi connectivity index (χ2v) is 14.3. The minimum Gasteiger partial charge on any atom is -0.396 e. The highest BCUT2D eigenvalue weighted by atomic mass is 16.3. The summed E-state index contributed by atoms with van der Waals surface area (Å²) in [5.41, 5.74) is 8.71. The molecule has 4 N–H and O–H groups in total. The van der Waals surface area contributed by atoms with Gasteiger partial charge in [-0.25, -0.2) is 0 Å². The van der Waals surface area contributed by atoms with Crippen LogP contribution >= 0.6 is 0 Å². The van der Waals surface area contributed by atoms with E-state index in [9.17, 15) is 15.0 Å². The Morgan fingerprint density at radius 1 is 1.00 bits per heavy atom. The molecule has 0 heterocycles. The molecule has 4 nitrogen and oxygen atoms in total. The zero-order valence-corrected chi connectivity index (χ0v) is 22.5. The van der Waals surface area contributed by atoms with Gasteiger partial charge in [-0.1, -0.05) is 57.1 Å². The lowest BCUT2D eigenvalue weighted by atomic mass is 9.62. The lowest BCUT2D eigenvalue weighted by Crippen LogP contribution is -2.45. The minimum absolute atomic E-state index is 0.0452. The highest BCUT2D eigenvalue weighted by Crippen LogP contribution is 2.79. The number of rotatable bonds is 7. The van der Waals surface area contributed by atoms with Crippen LogP contribution in [-0.4, -0.2) is 35.3 Å². The van der Waals surface area contributed by atoms with Crippen LogP contribution in [0.3, 0.4) is 0 Å². The molecule has 0 aromatic carbocycles. The van der Waals surface area contributed by atoms with Crippen molar-refractivity contribution in [3.63, 3.8) is 0 Å². The Morgan fingerprint density at radius 3 is 2.44 bits per heavy atom. The fourth-order valence-electron chi connectivity index (χ4n) is 11.6. The number of hydrogen-bond donors (Lipinski definition) is 3. The van der Waals surface area contributed by atoms with Crippen LogP contribution in [0.2, 0.25) is 0 Å². The Bertz CT molecular complexity index is 829. The van der Waals surface area contributed by atoms with Crippen molar-refractivity contribution in [1.29, 1.82) is 0 Å². The molecule has 0 saturated heterocycles. The van der Waals surface area contributed by atoms with Gasteiger partial charge in [0.2, 0.25) is 0 Å². The van der Waals surface area contributed by atoms with E-state index < -0.39 is 6.10 Å². The summed E-state index contributed by atoms with van der Waals surface area (Å²) in [4.78, 5) is 12.5. The third-order valence-corrected chi connectivity index (χ3v) is 13.1. The second-order valence-electron chi connectivity index (χ2n) is 14.3. The van der Waals surface area contributed by atoms with Crippen molar-refractivity contribution in [2.75, 3.05) is 6.61 Å². The SMILES string of the molecule is C=C1C2CC(C3CCCC3)CC2C2C(CC13CCCC3)C2(C(N)C=O)C1CCCC(C(O)CCO)C1. The number of carbonyl (C=O) groups excluding carboxylic acids is 1. The number of aliphatic hydroxyl groups excluding tert-OH is 2. The van der Waals surface area contributed by atoms with E-state index >= 15 is 0 Å². The predicted octanol–water partition coefficient (Wildman–Crippen LogP) is 5.65. The first-order chi connectivity index (χ1) is 17.5. The summed E-state index contributed by atoms with van der Waals surface area (Å²) in [6.07, 6.45) is 20.2. The molecule has 0 amide bonds. The summed E-state index contributed by atoms with van der Waals surface area (Å²) < 4.78 is 0. The van der Waals surface area contributed by atoms with Crippen molar-refractivity contribution >= 4 is 6.29 Å². The normalized spacial score (nSPS) is 45.8. The molecule has 6 rings (SSSR count). The Labute approximate surface area is 218 Å². The number of hydrogen-bond acceptors (Lipinski definition) is 4. The molecule has 0 bridgehead atoms. The first-order valence-corrected chi connectivity index (χ1v) is 15.7. The van der Waals surface area contributed by atoms with Crippen LogP contribution in [0.15, 0.2) is 12.2 Å². The number of nitrogens with two attached hydrogens (primary N) is 1. The van der Waals surface area contributed by atoms with Gasteiger partial charge in [0.15, 0.2) is 0 Å². The summed E-state index contributed by atoms with van der Waals surface area (Å²) in [6, 6.07) is -0.387. The Balaban J connectivity index is 1.35. The maximum absolute atomic E-state index is 12.5. The molecular formula is C32H51NO3. The molecule has 0 radical (unpaired) electrons. The summed E-state index contributed by atoms with van der Waals surface area (Å²) in [6.45, 7) is 4.94. The smallest absolute Gasteiger partial charge is 0.137 e. The molecule has 10 atom stereocenters. The van der Waals surface area contributed by atoms with E-state index in [0.29, 0.717) is 36.0 Å². The van der Waals surface area contributed by atoms with Crippen LogP contribution in [0, 0.1) is 58.2 Å². The van der Waals surface area contributed by atoms with Crippen molar-refractivity contribution in [2.45, 2.75) is 115 Å². The van der Waals surface area contributed by atoms with E-state index in [2.05, 4.69) is 0 Å². The minimum atomic E-state index is -0.433. The van der Waals surface area contributed by atoms with E-state index in [0.717, 1.165) is 43.8 Å². The van der Waals surface area contributed by atoms with Gasteiger partial charge in [-0.15, -0.1) is 0 Å². The fourth-order valence-corrected chi connectivity index (χ4v) is 11.6. The quantitative estimate of drug-likeness (QED) is 0.314. The van der Waals surface area contributed by atoms with Gasteiger partial charge in [-0.05, 0) is 111 Å². The van der Waals surface area contributed by atoms with Gasteiger partial charge < -0.3 is 20.7 Å². The average Bonchev–Trinajstić information content (AvgIpc) is 3.41. The van der Waals surface area contributed by atoms with Gasteiger partial charge >= 0.3 is 0 Å². The van der Waals surface area contributed by atoms with Gasteiger partial charge in [-0.3, -0.25) is 0 Å². The Kier molecular flexibility index (Phi) is 6.95. The van der Waals surface area contributed by atoms with Gasteiger partial charge in [-0.2, -0.15) is 0 Å². The molecule has 6 saturated carbocycles. The maximum atomic E-state index is 12.5. The second kappa shape index (κ2) is 9.79. The van der Waals surface area contributed by atoms with Crippen LogP contribution in [0.25, 0.3) is 0 Å². The van der Waals surface area contributed by atoms with Crippen LogP contribution < -0.4 is 5.73 Å². The summed E-state index contributed by atoms with van der Waals surface area (Å²) >= 11 is 0. The maximum Gasteiger partial charge on any atom is 0.137 e. The van der Waals surface area contributed by atoms with Crippen molar-refractivity contribution < 1.29 is 15.0 Å². The standard InChI is InChI=1S/C32H51NO3/c1-20-25-16-23(21-7-2-3-8-21)17-26(25)30-27(18-31(20)12-4-5-13-31)32(30,29(33)19-35)24-10-6-9-22(15-24)28(36)11-14-34/h19,21-30,34,36H,1-18,33H2. The monoisotopic (exact) mass is 497 g/mol. The van der Waals surface area contributed by atoms with Gasteiger partial charge in [0.25, 0.3) is 0 Å². The van der Waals surface area contributed by atoms with E-state index in [-0.39, 0.29) is 29.4 Å². The van der Waals surface area contributed by atoms with E-state index in [4.69, 9.17) is 12.3 Å². The molecule has 1 spiro atoms. The lowest BCUT2D eigenvalue weighted by Gasteiger charge is -2.43. The average molecular weight is 498 g/mol. The van der Waals surface area contributed by atoms with Crippen LogP contribution in [0.1, 0.15) is 103 Å². The largest absolute Gasteiger partial charge is 0.396 e. The number of allylic oxidation sites excluding steroid dienone is 1. The zero-order chi connectivity index (χ0) is 25.1. The highest BCUT2D eigenvalue weighted by Gasteiger charge is 2.76. The molecule has 6 fully saturated rings. The molecular weight excluding hydrogens is 446 g/mol. The van der Waals surface area contributed by atoms with E-state index in [1.165, 1.54) is 70.6 Å². The molecule has 36 heavy (non-hydrogen) atoms. The molecule has 0 aromatic rings. The molecule has 0 aromatic heterocycles.